The molecule has 0 spiro atoms. The number of nitrogens with one attached hydrogen (secondary N) is 1. The molecule has 2 rings (SSSR count). The van der Waals surface area contributed by atoms with E-state index in [1.807, 2.05) is 0 Å². The van der Waals surface area contributed by atoms with Crippen molar-refractivity contribution in [3.05, 3.63) is 35.1 Å². The second kappa shape index (κ2) is 6.64. The quantitative estimate of drug-likeness (QED) is 0.869. The van der Waals surface area contributed by atoms with Gasteiger partial charge < -0.3 is 10.2 Å². The lowest BCUT2D eigenvalue weighted by atomic mass is 9.97. The van der Waals surface area contributed by atoms with Gasteiger partial charge in [-0.05, 0) is 50.6 Å². The highest BCUT2D eigenvalue weighted by Crippen LogP contribution is 2.31. The molecule has 1 aliphatic heterocycles. The largest absolute Gasteiger partial charge is 0.416 e. The molecule has 22 heavy (non-hydrogen) atoms. The smallest absolute Gasteiger partial charge is 0.338 e. The fourth-order valence-corrected chi connectivity index (χ4v) is 2.74. The first kappa shape index (κ1) is 16.7. The third kappa shape index (κ3) is 3.76. The Morgan fingerprint density at radius 1 is 1.41 bits per heavy atom. The lowest BCUT2D eigenvalue weighted by molar-refractivity contribution is -0.137. The summed E-state index contributed by atoms with van der Waals surface area (Å²) in [6, 6.07) is 1.94. The maximum absolute atomic E-state index is 13.8. The molecule has 0 radical (unpaired) electrons. The summed E-state index contributed by atoms with van der Waals surface area (Å²) < 4.78 is 51.9. The number of nitrogens with zero attached hydrogens (tertiary/aromatic N) is 1. The van der Waals surface area contributed by atoms with Crippen molar-refractivity contribution in [2.45, 2.75) is 19.0 Å². The second-order valence-corrected chi connectivity index (χ2v) is 5.51. The van der Waals surface area contributed by atoms with Gasteiger partial charge in [-0.25, -0.2) is 4.39 Å². The highest BCUT2D eigenvalue weighted by molar-refractivity contribution is 5.94. The number of benzene rings is 1. The van der Waals surface area contributed by atoms with E-state index in [9.17, 15) is 22.4 Å². The summed E-state index contributed by atoms with van der Waals surface area (Å²) >= 11 is 0. The van der Waals surface area contributed by atoms with Crippen molar-refractivity contribution in [1.82, 2.24) is 10.2 Å². The van der Waals surface area contributed by atoms with Gasteiger partial charge >= 0.3 is 6.18 Å². The van der Waals surface area contributed by atoms with E-state index in [1.165, 1.54) is 4.90 Å². The first-order chi connectivity index (χ1) is 10.3. The number of likely N-dealkylation sites (tertiary alicyclic amines) is 1. The van der Waals surface area contributed by atoms with Gasteiger partial charge in [-0.1, -0.05) is 0 Å². The van der Waals surface area contributed by atoms with Crippen molar-refractivity contribution in [2.75, 3.05) is 26.7 Å². The number of rotatable bonds is 3. The predicted octanol–water partition coefficient (Wildman–Crippen LogP) is 2.92. The van der Waals surface area contributed by atoms with Gasteiger partial charge in [-0.2, -0.15) is 13.2 Å². The van der Waals surface area contributed by atoms with E-state index < -0.39 is 29.0 Å². The predicted molar refractivity (Wildman–Crippen MR) is 74.0 cm³/mol. The maximum atomic E-state index is 13.8. The van der Waals surface area contributed by atoms with E-state index in [0.717, 1.165) is 19.4 Å². The summed E-state index contributed by atoms with van der Waals surface area (Å²) in [7, 11) is 1.80. The molecule has 1 atom stereocenters. The molecule has 1 saturated heterocycles. The first-order valence-corrected chi connectivity index (χ1v) is 7.13. The van der Waals surface area contributed by atoms with E-state index in [-0.39, 0.29) is 5.92 Å². The van der Waals surface area contributed by atoms with Crippen LogP contribution in [0.5, 0.6) is 0 Å². The fourth-order valence-electron chi connectivity index (χ4n) is 2.74. The summed E-state index contributed by atoms with van der Waals surface area (Å²) in [5.41, 5.74) is -1.53. The number of hydrogen-bond donors (Lipinski definition) is 1. The number of hydrogen-bond acceptors (Lipinski definition) is 2. The number of piperidine rings is 1. The van der Waals surface area contributed by atoms with Crippen LogP contribution in [0, 0.1) is 11.7 Å². The molecule has 3 nitrogen and oxygen atoms in total. The summed E-state index contributed by atoms with van der Waals surface area (Å²) in [6.45, 7) is 1.58. The molecule has 0 aliphatic carbocycles. The molecule has 1 fully saturated rings. The SMILES string of the molecule is CNCC1CCCN(C(=O)c2cc(C(F)(F)F)ccc2F)C1. The van der Waals surface area contributed by atoms with Crippen LogP contribution in [0.4, 0.5) is 17.6 Å². The Bertz CT molecular complexity index is 543. The van der Waals surface area contributed by atoms with Crippen molar-refractivity contribution in [2.24, 2.45) is 5.92 Å². The first-order valence-electron chi connectivity index (χ1n) is 7.13. The maximum Gasteiger partial charge on any atom is 0.416 e. The Morgan fingerprint density at radius 3 is 2.77 bits per heavy atom. The van der Waals surface area contributed by atoms with E-state index in [2.05, 4.69) is 5.32 Å². The zero-order valence-electron chi connectivity index (χ0n) is 12.2. The minimum Gasteiger partial charge on any atom is -0.338 e. The third-order valence-corrected chi connectivity index (χ3v) is 3.82. The van der Waals surface area contributed by atoms with Crippen LogP contribution >= 0.6 is 0 Å². The molecule has 1 amide bonds. The van der Waals surface area contributed by atoms with Crippen molar-refractivity contribution in [3.8, 4) is 0 Å². The molecule has 1 aromatic rings. The van der Waals surface area contributed by atoms with Crippen LogP contribution in [0.2, 0.25) is 0 Å². The van der Waals surface area contributed by atoms with E-state index >= 15 is 0 Å². The average Bonchev–Trinajstić information content (AvgIpc) is 2.46. The molecule has 1 heterocycles. The van der Waals surface area contributed by atoms with Crippen LogP contribution in [0.15, 0.2) is 18.2 Å². The topological polar surface area (TPSA) is 32.3 Å². The third-order valence-electron chi connectivity index (χ3n) is 3.82. The lowest BCUT2D eigenvalue weighted by Gasteiger charge is -2.33. The molecule has 1 N–H and O–H groups in total. The van der Waals surface area contributed by atoms with E-state index in [0.29, 0.717) is 31.3 Å². The van der Waals surface area contributed by atoms with Crippen molar-refractivity contribution >= 4 is 5.91 Å². The van der Waals surface area contributed by atoms with Gasteiger partial charge in [0, 0.05) is 13.1 Å². The number of halogens is 4. The fraction of sp³-hybridized carbons (Fsp3) is 0.533. The number of carbonyl (C=O) groups excluding carboxylic acids is 1. The van der Waals surface area contributed by atoms with Gasteiger partial charge in [0.1, 0.15) is 5.82 Å². The Hall–Kier alpha value is -1.63. The monoisotopic (exact) mass is 318 g/mol. The van der Waals surface area contributed by atoms with Gasteiger partial charge in [0.15, 0.2) is 0 Å². The molecule has 0 saturated carbocycles. The van der Waals surface area contributed by atoms with E-state index in [4.69, 9.17) is 0 Å². The van der Waals surface area contributed by atoms with Gasteiger partial charge in [-0.3, -0.25) is 4.79 Å². The van der Waals surface area contributed by atoms with Crippen LogP contribution in [0.25, 0.3) is 0 Å². The Kier molecular flexibility index (Phi) is 5.05. The van der Waals surface area contributed by atoms with Crippen LogP contribution < -0.4 is 5.32 Å². The highest BCUT2D eigenvalue weighted by atomic mass is 19.4. The summed E-state index contributed by atoms with van der Waals surface area (Å²) in [5.74, 6) is -1.37. The molecular formula is C15H18F4N2O. The average molecular weight is 318 g/mol. The Morgan fingerprint density at radius 2 is 2.14 bits per heavy atom. The van der Waals surface area contributed by atoms with Gasteiger partial charge in [0.05, 0.1) is 11.1 Å². The molecule has 7 heteroatoms. The van der Waals surface area contributed by atoms with Crippen molar-refractivity contribution in [3.63, 3.8) is 0 Å². The standard InChI is InChI=1S/C15H18F4N2O/c1-20-8-10-3-2-6-21(9-10)14(22)12-7-11(15(17,18)19)4-5-13(12)16/h4-5,7,10,20H,2-3,6,8-9H2,1H3. The summed E-state index contributed by atoms with van der Waals surface area (Å²) in [6.07, 6.45) is -2.90. The van der Waals surface area contributed by atoms with Crippen LogP contribution in [-0.2, 0) is 6.18 Å². The molecule has 0 aromatic heterocycles. The van der Waals surface area contributed by atoms with Crippen LogP contribution in [-0.4, -0.2) is 37.5 Å². The molecule has 0 bridgehead atoms. The van der Waals surface area contributed by atoms with Crippen LogP contribution in [0.1, 0.15) is 28.8 Å². The summed E-state index contributed by atoms with van der Waals surface area (Å²) in [5, 5.41) is 3.02. The van der Waals surface area contributed by atoms with Crippen molar-refractivity contribution < 1.29 is 22.4 Å². The molecule has 1 aliphatic rings. The second-order valence-electron chi connectivity index (χ2n) is 5.51. The Labute approximate surface area is 126 Å². The van der Waals surface area contributed by atoms with Crippen LogP contribution in [0.3, 0.4) is 0 Å². The minimum absolute atomic E-state index is 0.233. The minimum atomic E-state index is -4.60. The molecule has 1 aromatic carbocycles. The number of amides is 1. The van der Waals surface area contributed by atoms with Gasteiger partial charge in [-0.15, -0.1) is 0 Å². The normalized spacial score (nSPS) is 19.3. The van der Waals surface area contributed by atoms with Crippen molar-refractivity contribution in [1.29, 1.82) is 0 Å². The molecule has 122 valence electrons. The Balaban J connectivity index is 2.21. The molecule has 1 unspecified atom stereocenters. The number of carbonyl (C=O) groups is 1. The summed E-state index contributed by atoms with van der Waals surface area (Å²) in [4.78, 5) is 13.8. The lowest BCUT2D eigenvalue weighted by Crippen LogP contribution is -2.42. The highest BCUT2D eigenvalue weighted by Gasteiger charge is 2.33. The van der Waals surface area contributed by atoms with Gasteiger partial charge in [0.25, 0.3) is 5.91 Å². The number of alkyl halides is 3. The zero-order valence-corrected chi connectivity index (χ0v) is 12.2. The van der Waals surface area contributed by atoms with Gasteiger partial charge in [0.2, 0.25) is 0 Å². The van der Waals surface area contributed by atoms with E-state index in [1.54, 1.807) is 7.05 Å². The molecular weight excluding hydrogens is 300 g/mol. The zero-order chi connectivity index (χ0) is 16.3.